The molecule has 0 aromatic rings. The third-order valence-corrected chi connectivity index (χ3v) is 1.44. The minimum atomic E-state index is -0.274. The lowest BCUT2D eigenvalue weighted by atomic mass is 10.3. The molecule has 0 bridgehead atoms. The molecule has 0 aliphatic carbocycles. The summed E-state index contributed by atoms with van der Waals surface area (Å²) in [6, 6.07) is -0.274. The predicted molar refractivity (Wildman–Crippen MR) is 37.8 cm³/mol. The number of carbonyl (C=O) groups excluding carboxylic acids is 1. The maximum Gasteiger partial charge on any atom is 0.263 e. The van der Waals surface area contributed by atoms with Crippen LogP contribution in [0.2, 0.25) is 0 Å². The Labute approximate surface area is 65.0 Å². The summed E-state index contributed by atoms with van der Waals surface area (Å²) in [7, 11) is 1.40. The van der Waals surface area contributed by atoms with Gasteiger partial charge in [-0.1, -0.05) is 0 Å². The molecule has 1 aliphatic heterocycles. The second-order valence-corrected chi connectivity index (χ2v) is 2.25. The van der Waals surface area contributed by atoms with Gasteiger partial charge < -0.3 is 10.1 Å². The number of nitrogens with one attached hydrogen (secondary N) is 2. The number of ether oxygens (including phenoxy) is 1. The van der Waals surface area contributed by atoms with Gasteiger partial charge >= 0.3 is 0 Å². The molecule has 5 nitrogen and oxygen atoms in total. The van der Waals surface area contributed by atoms with Crippen molar-refractivity contribution in [1.82, 2.24) is 10.8 Å². The summed E-state index contributed by atoms with van der Waals surface area (Å²) >= 11 is 0. The third kappa shape index (κ3) is 2.45. The zero-order valence-electron chi connectivity index (χ0n) is 6.42. The lowest BCUT2D eigenvalue weighted by molar-refractivity contribution is -0.136. The van der Waals surface area contributed by atoms with E-state index in [1.165, 1.54) is 7.11 Å². The Morgan fingerprint density at radius 1 is 1.82 bits per heavy atom. The van der Waals surface area contributed by atoms with Crippen LogP contribution in [0.3, 0.4) is 0 Å². The van der Waals surface area contributed by atoms with Crippen molar-refractivity contribution in [2.24, 2.45) is 0 Å². The molecule has 1 saturated heterocycles. The first-order chi connectivity index (χ1) is 5.34. The fourth-order valence-corrected chi connectivity index (χ4v) is 0.906. The van der Waals surface area contributed by atoms with E-state index in [4.69, 9.17) is 4.74 Å². The Morgan fingerprint density at radius 2 is 2.64 bits per heavy atom. The van der Waals surface area contributed by atoms with Gasteiger partial charge in [-0.3, -0.25) is 9.63 Å². The van der Waals surface area contributed by atoms with Crippen LogP contribution in [-0.4, -0.2) is 38.8 Å². The van der Waals surface area contributed by atoms with E-state index in [0.717, 1.165) is 0 Å². The number of hydrogen-bond acceptors (Lipinski definition) is 4. The summed E-state index contributed by atoms with van der Waals surface area (Å²) in [6.45, 7) is 1.79. The quantitative estimate of drug-likeness (QED) is 0.490. The standard InChI is InChI=1S/C6H12N2O3/c1-10-8-6(9)5-4-11-3-2-7-5/h5,7H,2-4H2,1H3,(H,8,9)/t5-/m1/s1. The molecule has 1 fully saturated rings. The van der Waals surface area contributed by atoms with Crippen molar-refractivity contribution < 1.29 is 14.4 Å². The van der Waals surface area contributed by atoms with Gasteiger partial charge in [-0.25, -0.2) is 5.48 Å². The normalized spacial score (nSPS) is 24.6. The second kappa shape index (κ2) is 4.27. The van der Waals surface area contributed by atoms with Gasteiger partial charge in [0.05, 0.1) is 20.3 Å². The van der Waals surface area contributed by atoms with Crippen molar-refractivity contribution in [3.8, 4) is 0 Å². The second-order valence-electron chi connectivity index (χ2n) is 2.25. The molecular formula is C6H12N2O3. The molecule has 1 aliphatic rings. The lowest BCUT2D eigenvalue weighted by Gasteiger charge is -2.21. The average molecular weight is 160 g/mol. The smallest absolute Gasteiger partial charge is 0.263 e. The number of hydrogen-bond donors (Lipinski definition) is 2. The number of hydroxylamine groups is 1. The molecule has 2 N–H and O–H groups in total. The van der Waals surface area contributed by atoms with Gasteiger partial charge in [-0.05, 0) is 0 Å². The average Bonchev–Trinajstić information content (AvgIpc) is 2.07. The largest absolute Gasteiger partial charge is 0.378 e. The van der Waals surface area contributed by atoms with Crippen LogP contribution in [-0.2, 0) is 14.4 Å². The van der Waals surface area contributed by atoms with Gasteiger partial charge in [0.25, 0.3) is 5.91 Å². The lowest BCUT2D eigenvalue weighted by Crippen LogP contribution is -2.50. The Kier molecular flexibility index (Phi) is 3.28. The van der Waals surface area contributed by atoms with E-state index in [9.17, 15) is 4.79 Å². The van der Waals surface area contributed by atoms with E-state index < -0.39 is 0 Å². The highest BCUT2D eigenvalue weighted by Crippen LogP contribution is 1.92. The summed E-state index contributed by atoms with van der Waals surface area (Å²) in [5, 5.41) is 2.99. The number of morpholine rings is 1. The summed E-state index contributed by atoms with van der Waals surface area (Å²) in [5.41, 5.74) is 2.23. The first kappa shape index (κ1) is 8.45. The Morgan fingerprint density at radius 3 is 3.18 bits per heavy atom. The SMILES string of the molecule is CONC(=O)[C@H]1COCCN1. The van der Waals surface area contributed by atoms with Crippen LogP contribution in [0.1, 0.15) is 0 Å². The zero-order chi connectivity index (χ0) is 8.10. The van der Waals surface area contributed by atoms with E-state index in [1.807, 2.05) is 0 Å². The van der Waals surface area contributed by atoms with E-state index >= 15 is 0 Å². The number of carbonyl (C=O) groups is 1. The minimum absolute atomic E-state index is 0.188. The highest BCUT2D eigenvalue weighted by molar-refractivity contribution is 5.80. The number of rotatable bonds is 2. The van der Waals surface area contributed by atoms with Crippen molar-refractivity contribution in [2.75, 3.05) is 26.9 Å². The summed E-state index contributed by atoms with van der Waals surface area (Å²) in [6.07, 6.45) is 0. The van der Waals surface area contributed by atoms with Crippen molar-refractivity contribution in [3.05, 3.63) is 0 Å². The molecule has 0 spiro atoms. The van der Waals surface area contributed by atoms with Gasteiger partial charge in [0.1, 0.15) is 6.04 Å². The number of amides is 1. The monoisotopic (exact) mass is 160 g/mol. The molecular weight excluding hydrogens is 148 g/mol. The maximum absolute atomic E-state index is 11.0. The molecule has 5 heteroatoms. The van der Waals surface area contributed by atoms with E-state index in [-0.39, 0.29) is 11.9 Å². The van der Waals surface area contributed by atoms with Gasteiger partial charge in [0.2, 0.25) is 0 Å². The van der Waals surface area contributed by atoms with Crippen molar-refractivity contribution in [1.29, 1.82) is 0 Å². The van der Waals surface area contributed by atoms with Crippen LogP contribution < -0.4 is 10.8 Å². The molecule has 0 aromatic heterocycles. The van der Waals surface area contributed by atoms with Crippen molar-refractivity contribution in [2.45, 2.75) is 6.04 Å². The molecule has 1 heterocycles. The molecule has 1 amide bonds. The highest BCUT2D eigenvalue weighted by atomic mass is 16.6. The minimum Gasteiger partial charge on any atom is -0.378 e. The molecule has 0 saturated carbocycles. The van der Waals surface area contributed by atoms with E-state index in [0.29, 0.717) is 19.8 Å². The topological polar surface area (TPSA) is 59.6 Å². The molecule has 0 radical (unpaired) electrons. The molecule has 1 rings (SSSR count). The van der Waals surface area contributed by atoms with E-state index in [1.54, 1.807) is 0 Å². The van der Waals surface area contributed by atoms with Crippen molar-refractivity contribution >= 4 is 5.91 Å². The highest BCUT2D eigenvalue weighted by Gasteiger charge is 2.20. The molecule has 0 unspecified atom stereocenters. The van der Waals surface area contributed by atoms with Crippen LogP contribution in [0.25, 0.3) is 0 Å². The zero-order valence-corrected chi connectivity index (χ0v) is 6.42. The third-order valence-electron chi connectivity index (χ3n) is 1.44. The predicted octanol–water partition coefficient (Wildman–Crippen LogP) is -1.35. The molecule has 0 aromatic carbocycles. The fraction of sp³-hybridized carbons (Fsp3) is 0.833. The first-order valence-electron chi connectivity index (χ1n) is 3.48. The van der Waals surface area contributed by atoms with Crippen LogP contribution >= 0.6 is 0 Å². The van der Waals surface area contributed by atoms with Crippen LogP contribution in [0, 0.1) is 0 Å². The van der Waals surface area contributed by atoms with E-state index in [2.05, 4.69) is 15.6 Å². The molecule has 11 heavy (non-hydrogen) atoms. The van der Waals surface area contributed by atoms with Crippen LogP contribution in [0.15, 0.2) is 0 Å². The summed E-state index contributed by atoms with van der Waals surface area (Å²) in [5.74, 6) is -0.188. The van der Waals surface area contributed by atoms with Gasteiger partial charge in [-0.15, -0.1) is 0 Å². The Bertz CT molecular complexity index is 134. The van der Waals surface area contributed by atoms with Crippen molar-refractivity contribution in [3.63, 3.8) is 0 Å². The summed E-state index contributed by atoms with van der Waals surface area (Å²) in [4.78, 5) is 15.5. The van der Waals surface area contributed by atoms with Gasteiger partial charge in [0, 0.05) is 6.54 Å². The van der Waals surface area contributed by atoms with Gasteiger partial charge in [0.15, 0.2) is 0 Å². The molecule has 64 valence electrons. The fourth-order valence-electron chi connectivity index (χ4n) is 0.906. The van der Waals surface area contributed by atoms with Gasteiger partial charge in [-0.2, -0.15) is 0 Å². The van der Waals surface area contributed by atoms with Crippen LogP contribution in [0.5, 0.6) is 0 Å². The van der Waals surface area contributed by atoms with Crippen LogP contribution in [0.4, 0.5) is 0 Å². The Hall–Kier alpha value is -0.650. The Balaban J connectivity index is 2.27. The summed E-state index contributed by atoms with van der Waals surface area (Å²) < 4.78 is 5.07. The first-order valence-corrected chi connectivity index (χ1v) is 3.48. The maximum atomic E-state index is 11.0. The molecule has 1 atom stereocenters.